The third-order valence-corrected chi connectivity index (χ3v) is 4.90. The molecule has 0 saturated carbocycles. The van der Waals surface area contributed by atoms with E-state index in [4.69, 9.17) is 14.2 Å². The Kier molecular flexibility index (Phi) is 8.90. The van der Waals surface area contributed by atoms with Crippen LogP contribution in [0.1, 0.15) is 22.8 Å². The van der Waals surface area contributed by atoms with Gasteiger partial charge in [-0.2, -0.15) is 5.10 Å². The molecule has 0 aromatic heterocycles. The monoisotopic (exact) mass is 541 g/mol. The summed E-state index contributed by atoms with van der Waals surface area (Å²) in [4.78, 5) is 34.8. The van der Waals surface area contributed by atoms with Crippen LogP contribution in [0.25, 0.3) is 0 Å². The number of esters is 1. The summed E-state index contributed by atoms with van der Waals surface area (Å²) in [5.74, 6) is -0.603. The van der Waals surface area contributed by atoms with Crippen molar-refractivity contribution in [1.82, 2.24) is 5.43 Å². The van der Waals surface area contributed by atoms with Crippen molar-refractivity contribution in [2.24, 2.45) is 5.10 Å². The summed E-state index contributed by atoms with van der Waals surface area (Å²) in [5.41, 5.74) is 2.99. The lowest BCUT2D eigenvalue weighted by molar-refractivity contribution is -0.385. The minimum absolute atomic E-state index is 0.0220. The lowest BCUT2D eigenvalue weighted by Crippen LogP contribution is -2.24. The quantitative estimate of drug-likeness (QED) is 0.131. The van der Waals surface area contributed by atoms with Crippen molar-refractivity contribution < 1.29 is 28.7 Å². The molecule has 0 unspecified atom stereocenters. The van der Waals surface area contributed by atoms with Gasteiger partial charge in [0.15, 0.2) is 23.9 Å². The van der Waals surface area contributed by atoms with Crippen LogP contribution in [0.5, 0.6) is 17.2 Å². The molecule has 0 spiro atoms. The van der Waals surface area contributed by atoms with Gasteiger partial charge in [-0.1, -0.05) is 28.1 Å². The molecule has 35 heavy (non-hydrogen) atoms. The predicted octanol–water partition coefficient (Wildman–Crippen LogP) is 4.50. The molecule has 0 fully saturated rings. The van der Waals surface area contributed by atoms with Crippen molar-refractivity contribution in [3.8, 4) is 17.2 Å². The molecule has 1 amide bonds. The highest BCUT2D eigenvalue weighted by molar-refractivity contribution is 9.10. The number of nitro groups is 1. The second kappa shape index (κ2) is 12.3. The second-order valence-electron chi connectivity index (χ2n) is 6.84. The van der Waals surface area contributed by atoms with E-state index in [1.807, 2.05) is 0 Å². The van der Waals surface area contributed by atoms with Crippen molar-refractivity contribution in [3.05, 3.63) is 92.4 Å². The number of hydrogen-bond acceptors (Lipinski definition) is 8. The molecule has 0 atom stereocenters. The van der Waals surface area contributed by atoms with Gasteiger partial charge in [0, 0.05) is 10.5 Å². The second-order valence-corrected chi connectivity index (χ2v) is 7.76. The van der Waals surface area contributed by atoms with Crippen molar-refractivity contribution in [1.29, 1.82) is 0 Å². The first-order chi connectivity index (χ1) is 16.9. The number of carbonyl (C=O) groups excluding carboxylic acids is 2. The molecule has 3 rings (SSSR count). The molecule has 1 N–H and O–H groups in total. The van der Waals surface area contributed by atoms with Gasteiger partial charge in [-0.3, -0.25) is 14.9 Å². The van der Waals surface area contributed by atoms with E-state index in [1.165, 1.54) is 24.4 Å². The third kappa shape index (κ3) is 7.37. The van der Waals surface area contributed by atoms with Crippen molar-refractivity contribution in [3.63, 3.8) is 0 Å². The van der Waals surface area contributed by atoms with E-state index < -0.39 is 23.4 Å². The van der Waals surface area contributed by atoms with Gasteiger partial charge >= 0.3 is 11.7 Å². The molecule has 0 aliphatic carbocycles. The van der Waals surface area contributed by atoms with Gasteiger partial charge in [-0.15, -0.1) is 0 Å². The van der Waals surface area contributed by atoms with Gasteiger partial charge in [0.25, 0.3) is 5.91 Å². The highest BCUT2D eigenvalue weighted by Crippen LogP contribution is 2.29. The highest BCUT2D eigenvalue weighted by Gasteiger charge is 2.15. The minimum Gasteiger partial charge on any atom is -0.490 e. The number of benzene rings is 3. The molecule has 0 aliphatic rings. The SMILES string of the molecule is CCOc1cc(/C=N\NC(=O)COc2ccccc2[N+](=O)[O-])ccc1OC(=O)c1ccc(Br)cc1. The molecule has 0 aliphatic heterocycles. The standard InChI is InChI=1S/C24H20BrN3O7/c1-2-33-22-13-16(7-12-21(22)35-24(30)17-8-10-18(25)11-9-17)14-26-27-23(29)15-34-20-6-4-3-5-19(20)28(31)32/h3-14H,2,15H2,1H3,(H,27,29)/b26-14-. The fourth-order valence-corrected chi connectivity index (χ4v) is 3.05. The van der Waals surface area contributed by atoms with Crippen LogP contribution in [0.3, 0.4) is 0 Å². The molecular weight excluding hydrogens is 522 g/mol. The van der Waals surface area contributed by atoms with E-state index in [-0.39, 0.29) is 17.2 Å². The number of rotatable bonds is 10. The molecule has 3 aromatic rings. The first-order valence-electron chi connectivity index (χ1n) is 10.3. The molecule has 10 nitrogen and oxygen atoms in total. The van der Waals surface area contributed by atoms with Crippen LogP contribution in [0.2, 0.25) is 0 Å². The summed E-state index contributed by atoms with van der Waals surface area (Å²) in [6.45, 7) is 1.67. The predicted molar refractivity (Wildman–Crippen MR) is 131 cm³/mol. The highest BCUT2D eigenvalue weighted by atomic mass is 79.9. The van der Waals surface area contributed by atoms with Crippen LogP contribution >= 0.6 is 15.9 Å². The average molecular weight is 542 g/mol. The van der Waals surface area contributed by atoms with Crippen LogP contribution < -0.4 is 19.6 Å². The summed E-state index contributed by atoms with van der Waals surface area (Å²) in [6, 6.07) is 17.3. The van der Waals surface area contributed by atoms with Gasteiger partial charge in [0.05, 0.1) is 23.3 Å². The van der Waals surface area contributed by atoms with E-state index in [0.29, 0.717) is 23.5 Å². The Bertz CT molecular complexity index is 1250. The molecule has 3 aromatic carbocycles. The summed E-state index contributed by atoms with van der Waals surface area (Å²) in [6.07, 6.45) is 1.37. The Morgan fingerprint density at radius 3 is 2.49 bits per heavy atom. The number of carbonyl (C=O) groups is 2. The first kappa shape index (κ1) is 25.4. The van der Waals surface area contributed by atoms with Gasteiger partial charge in [-0.25, -0.2) is 10.2 Å². The number of para-hydroxylation sites is 2. The summed E-state index contributed by atoms with van der Waals surface area (Å²) in [5, 5.41) is 14.9. The molecule has 180 valence electrons. The number of hydrazone groups is 1. The maximum Gasteiger partial charge on any atom is 0.343 e. The van der Waals surface area contributed by atoms with Crippen LogP contribution in [0.4, 0.5) is 5.69 Å². The van der Waals surface area contributed by atoms with Crippen LogP contribution in [-0.4, -0.2) is 36.2 Å². The average Bonchev–Trinajstić information content (AvgIpc) is 2.85. The van der Waals surface area contributed by atoms with Gasteiger partial charge < -0.3 is 14.2 Å². The minimum atomic E-state index is -0.607. The lowest BCUT2D eigenvalue weighted by Gasteiger charge is -2.11. The smallest absolute Gasteiger partial charge is 0.343 e. The van der Waals surface area contributed by atoms with Crippen LogP contribution in [0, 0.1) is 10.1 Å². The largest absolute Gasteiger partial charge is 0.490 e. The molecule has 11 heteroatoms. The molecule has 0 heterocycles. The summed E-state index contributed by atoms with van der Waals surface area (Å²) < 4.78 is 17.1. The van der Waals surface area contributed by atoms with Gasteiger partial charge in [-0.05, 0) is 61.0 Å². The van der Waals surface area contributed by atoms with Gasteiger partial charge in [0.2, 0.25) is 0 Å². The normalized spacial score (nSPS) is 10.6. The van der Waals surface area contributed by atoms with Crippen molar-refractivity contribution in [2.45, 2.75) is 6.92 Å². The number of ether oxygens (including phenoxy) is 3. The number of nitrogens with one attached hydrogen (secondary N) is 1. The lowest BCUT2D eigenvalue weighted by atomic mass is 10.2. The maximum absolute atomic E-state index is 12.4. The zero-order valence-electron chi connectivity index (χ0n) is 18.5. The Labute approximate surface area is 208 Å². The molecule has 0 bridgehead atoms. The maximum atomic E-state index is 12.4. The zero-order valence-corrected chi connectivity index (χ0v) is 20.1. The first-order valence-corrected chi connectivity index (χ1v) is 11.1. The Hall–Kier alpha value is -4.25. The number of nitrogens with zero attached hydrogens (tertiary/aromatic N) is 2. The van der Waals surface area contributed by atoms with E-state index >= 15 is 0 Å². The third-order valence-electron chi connectivity index (χ3n) is 4.37. The van der Waals surface area contributed by atoms with E-state index in [0.717, 1.165) is 4.47 Å². The Morgan fingerprint density at radius 1 is 1.03 bits per heavy atom. The van der Waals surface area contributed by atoms with Crippen LogP contribution in [0.15, 0.2) is 76.3 Å². The molecule has 0 saturated heterocycles. The number of hydrogen-bond donors (Lipinski definition) is 1. The number of nitro benzene ring substituents is 1. The number of halogens is 1. The molecule has 0 radical (unpaired) electrons. The van der Waals surface area contributed by atoms with Crippen molar-refractivity contribution >= 4 is 39.7 Å². The van der Waals surface area contributed by atoms with E-state index in [2.05, 4.69) is 26.5 Å². The van der Waals surface area contributed by atoms with Crippen molar-refractivity contribution in [2.75, 3.05) is 13.2 Å². The zero-order chi connectivity index (χ0) is 25.2. The van der Waals surface area contributed by atoms with Gasteiger partial charge in [0.1, 0.15) is 0 Å². The summed E-state index contributed by atoms with van der Waals surface area (Å²) in [7, 11) is 0. The fourth-order valence-electron chi connectivity index (χ4n) is 2.79. The van der Waals surface area contributed by atoms with E-state index in [9.17, 15) is 19.7 Å². The Balaban J connectivity index is 1.60. The number of amides is 1. The van der Waals surface area contributed by atoms with Crippen LogP contribution in [-0.2, 0) is 4.79 Å². The molecular formula is C24H20BrN3O7. The topological polar surface area (TPSA) is 129 Å². The van der Waals surface area contributed by atoms with E-state index in [1.54, 1.807) is 55.5 Å². The Morgan fingerprint density at radius 2 is 1.77 bits per heavy atom. The fraction of sp³-hybridized carbons (Fsp3) is 0.125. The summed E-state index contributed by atoms with van der Waals surface area (Å²) >= 11 is 3.32.